The minimum atomic E-state index is 0.280. The third kappa shape index (κ3) is 2.96. The van der Waals surface area contributed by atoms with Crippen molar-refractivity contribution in [3.8, 4) is 0 Å². The first-order valence-corrected chi connectivity index (χ1v) is 6.46. The number of rotatable bonds is 7. The number of hydrogen-bond donors (Lipinski definition) is 1. The van der Waals surface area contributed by atoms with Crippen LogP contribution in [0.1, 0.15) is 33.1 Å². The van der Waals surface area contributed by atoms with Crippen LogP contribution in [0, 0.1) is 11.8 Å². The van der Waals surface area contributed by atoms with Crippen molar-refractivity contribution in [1.29, 1.82) is 0 Å². The highest BCUT2D eigenvalue weighted by atomic mass is 16.5. The van der Waals surface area contributed by atoms with Crippen LogP contribution in [-0.2, 0) is 4.74 Å². The number of likely N-dealkylation sites (N-methyl/N-ethyl adjacent to an activating group) is 1. The first kappa shape index (κ1) is 13.9. The second-order valence-corrected chi connectivity index (χ2v) is 5.61. The molecule has 1 rings (SSSR count). The number of nitrogens with zero attached hydrogens (tertiary/aromatic N) is 1. The van der Waals surface area contributed by atoms with Crippen LogP contribution in [0.25, 0.3) is 0 Å². The zero-order chi connectivity index (χ0) is 12.2. The van der Waals surface area contributed by atoms with E-state index >= 15 is 0 Å². The van der Waals surface area contributed by atoms with Gasteiger partial charge in [0.2, 0.25) is 0 Å². The molecule has 1 saturated carbocycles. The minimum absolute atomic E-state index is 0.280. The maximum absolute atomic E-state index is 5.96. The fourth-order valence-electron chi connectivity index (χ4n) is 2.71. The Balaban J connectivity index is 2.37. The van der Waals surface area contributed by atoms with Gasteiger partial charge in [0.15, 0.2) is 0 Å². The van der Waals surface area contributed by atoms with Crippen molar-refractivity contribution in [2.75, 3.05) is 33.9 Å². The van der Waals surface area contributed by atoms with E-state index in [9.17, 15) is 0 Å². The first-order chi connectivity index (χ1) is 7.55. The highest BCUT2D eigenvalue weighted by molar-refractivity contribution is 5.03. The lowest BCUT2D eigenvalue weighted by Crippen LogP contribution is -2.61. The summed E-state index contributed by atoms with van der Waals surface area (Å²) in [6.45, 7) is 7.36. The van der Waals surface area contributed by atoms with E-state index in [-0.39, 0.29) is 5.54 Å². The molecule has 1 aliphatic rings. The second-order valence-electron chi connectivity index (χ2n) is 5.61. The Hall–Kier alpha value is -0.120. The third-order valence-corrected chi connectivity index (χ3v) is 4.26. The Labute approximate surface area is 100 Å². The summed E-state index contributed by atoms with van der Waals surface area (Å²) in [6, 6.07) is 0. The summed E-state index contributed by atoms with van der Waals surface area (Å²) in [4.78, 5) is 2.45. The largest absolute Gasteiger partial charge is 0.385 e. The summed E-state index contributed by atoms with van der Waals surface area (Å²) >= 11 is 0. The fourth-order valence-corrected chi connectivity index (χ4v) is 2.71. The minimum Gasteiger partial charge on any atom is -0.385 e. The Morgan fingerprint density at radius 2 is 2.06 bits per heavy atom. The Morgan fingerprint density at radius 3 is 2.50 bits per heavy atom. The highest BCUT2D eigenvalue weighted by Crippen LogP contribution is 2.44. The molecule has 0 heterocycles. The van der Waals surface area contributed by atoms with Crippen molar-refractivity contribution >= 4 is 0 Å². The topological polar surface area (TPSA) is 38.5 Å². The van der Waals surface area contributed by atoms with Gasteiger partial charge in [-0.1, -0.05) is 13.8 Å². The van der Waals surface area contributed by atoms with E-state index in [0.717, 1.165) is 38.0 Å². The molecule has 0 saturated heterocycles. The van der Waals surface area contributed by atoms with Gasteiger partial charge in [0.25, 0.3) is 0 Å². The average Bonchev–Trinajstić information content (AvgIpc) is 2.17. The van der Waals surface area contributed by atoms with Gasteiger partial charge in [-0.2, -0.15) is 0 Å². The zero-order valence-electron chi connectivity index (χ0n) is 11.3. The summed E-state index contributed by atoms with van der Waals surface area (Å²) in [5, 5.41) is 0. The molecule has 2 N–H and O–H groups in total. The molecule has 16 heavy (non-hydrogen) atoms. The van der Waals surface area contributed by atoms with Gasteiger partial charge in [-0.05, 0) is 38.1 Å². The van der Waals surface area contributed by atoms with Gasteiger partial charge < -0.3 is 10.5 Å². The molecular formula is C13H28N2O. The van der Waals surface area contributed by atoms with Gasteiger partial charge in [-0.15, -0.1) is 0 Å². The number of nitrogens with two attached hydrogens (primary N) is 1. The summed E-state index contributed by atoms with van der Waals surface area (Å²) < 4.78 is 5.09. The molecule has 1 fully saturated rings. The van der Waals surface area contributed by atoms with Gasteiger partial charge in [-0.25, -0.2) is 0 Å². The van der Waals surface area contributed by atoms with Crippen molar-refractivity contribution < 1.29 is 4.74 Å². The molecule has 0 aromatic rings. The quantitative estimate of drug-likeness (QED) is 0.674. The van der Waals surface area contributed by atoms with Crippen LogP contribution in [0.3, 0.4) is 0 Å². The van der Waals surface area contributed by atoms with Crippen LogP contribution in [0.5, 0.6) is 0 Å². The molecule has 0 radical (unpaired) electrons. The van der Waals surface area contributed by atoms with Crippen molar-refractivity contribution in [2.24, 2.45) is 17.6 Å². The zero-order valence-corrected chi connectivity index (χ0v) is 11.3. The Morgan fingerprint density at radius 1 is 1.44 bits per heavy atom. The lowest BCUT2D eigenvalue weighted by Gasteiger charge is -2.54. The molecule has 3 nitrogen and oxygen atoms in total. The molecular weight excluding hydrogens is 200 g/mol. The Bertz CT molecular complexity index is 200. The van der Waals surface area contributed by atoms with Crippen molar-refractivity contribution in [3.63, 3.8) is 0 Å². The second kappa shape index (κ2) is 5.99. The molecule has 0 amide bonds. The van der Waals surface area contributed by atoms with Crippen LogP contribution in [0.2, 0.25) is 0 Å². The van der Waals surface area contributed by atoms with E-state index in [1.165, 1.54) is 12.8 Å². The predicted octanol–water partition coefficient (Wildman–Crippen LogP) is 1.72. The third-order valence-electron chi connectivity index (χ3n) is 4.26. The van der Waals surface area contributed by atoms with Crippen LogP contribution >= 0.6 is 0 Å². The molecule has 1 aliphatic carbocycles. The van der Waals surface area contributed by atoms with Gasteiger partial charge in [0.05, 0.1) is 0 Å². The molecule has 0 spiro atoms. The van der Waals surface area contributed by atoms with Crippen molar-refractivity contribution in [1.82, 2.24) is 4.90 Å². The summed E-state index contributed by atoms with van der Waals surface area (Å²) in [7, 11) is 3.97. The maximum Gasteiger partial charge on any atom is 0.0474 e. The molecule has 0 aliphatic heterocycles. The summed E-state index contributed by atoms with van der Waals surface area (Å²) in [6.07, 6.45) is 3.64. The summed E-state index contributed by atoms with van der Waals surface area (Å²) in [5.74, 6) is 1.67. The molecule has 0 aromatic heterocycles. The lowest BCUT2D eigenvalue weighted by molar-refractivity contribution is -0.0225. The SMILES string of the molecule is COCCCN(C)C1(CN)CC(C(C)C)C1. The monoisotopic (exact) mass is 228 g/mol. The van der Waals surface area contributed by atoms with E-state index in [2.05, 4.69) is 25.8 Å². The number of ether oxygens (including phenoxy) is 1. The molecule has 3 heteroatoms. The lowest BCUT2D eigenvalue weighted by atomic mass is 9.63. The van der Waals surface area contributed by atoms with Crippen molar-refractivity contribution in [3.05, 3.63) is 0 Å². The molecule has 0 bridgehead atoms. The van der Waals surface area contributed by atoms with E-state index in [1.54, 1.807) is 7.11 Å². The first-order valence-electron chi connectivity index (χ1n) is 6.46. The smallest absolute Gasteiger partial charge is 0.0474 e. The standard InChI is InChI=1S/C13H28N2O/c1-11(2)12-8-13(9-12,10-14)15(3)6-5-7-16-4/h11-12H,5-10,14H2,1-4H3. The average molecular weight is 228 g/mol. The van der Waals surface area contributed by atoms with E-state index in [0.29, 0.717) is 0 Å². The van der Waals surface area contributed by atoms with Gasteiger partial charge in [0, 0.05) is 32.3 Å². The molecule has 0 aromatic carbocycles. The maximum atomic E-state index is 5.96. The van der Waals surface area contributed by atoms with E-state index in [4.69, 9.17) is 10.5 Å². The number of hydrogen-bond acceptors (Lipinski definition) is 3. The van der Waals surface area contributed by atoms with E-state index < -0.39 is 0 Å². The molecule has 0 atom stereocenters. The van der Waals surface area contributed by atoms with E-state index in [1.807, 2.05) is 0 Å². The van der Waals surface area contributed by atoms with Crippen LogP contribution in [0.4, 0.5) is 0 Å². The fraction of sp³-hybridized carbons (Fsp3) is 1.00. The Kier molecular flexibility index (Phi) is 5.22. The van der Waals surface area contributed by atoms with Crippen LogP contribution in [-0.4, -0.2) is 44.3 Å². The van der Waals surface area contributed by atoms with Gasteiger partial charge in [-0.3, -0.25) is 4.90 Å². The van der Waals surface area contributed by atoms with Gasteiger partial charge in [0.1, 0.15) is 0 Å². The summed E-state index contributed by atoms with van der Waals surface area (Å²) in [5.41, 5.74) is 6.24. The van der Waals surface area contributed by atoms with Crippen LogP contribution in [0.15, 0.2) is 0 Å². The normalized spacial score (nSPS) is 29.8. The van der Waals surface area contributed by atoms with Crippen LogP contribution < -0.4 is 5.73 Å². The van der Waals surface area contributed by atoms with Gasteiger partial charge >= 0.3 is 0 Å². The predicted molar refractivity (Wildman–Crippen MR) is 68.5 cm³/mol. The molecule has 0 unspecified atom stereocenters. The molecule has 96 valence electrons. The number of methoxy groups -OCH3 is 1. The highest BCUT2D eigenvalue weighted by Gasteiger charge is 2.46. The van der Waals surface area contributed by atoms with Crippen molar-refractivity contribution in [2.45, 2.75) is 38.6 Å².